The first kappa shape index (κ1) is 17.4. The second kappa shape index (κ2) is 8.60. The van der Waals surface area contributed by atoms with Gasteiger partial charge in [-0.3, -0.25) is 4.79 Å². The molecule has 0 unspecified atom stereocenters. The number of carbonyl (C=O) groups excluding carboxylic acids is 1. The molecule has 132 valence electrons. The molecule has 1 saturated heterocycles. The van der Waals surface area contributed by atoms with Crippen LogP contribution in [0.15, 0.2) is 42.5 Å². The molecule has 1 aliphatic rings. The maximum atomic E-state index is 12.3. The van der Waals surface area contributed by atoms with Crippen LogP contribution >= 0.6 is 0 Å². The quantitative estimate of drug-likeness (QED) is 0.823. The van der Waals surface area contributed by atoms with Crippen LogP contribution in [-0.2, 0) is 11.2 Å². The molecule has 0 atom stereocenters. The number of rotatable bonds is 6. The Morgan fingerprint density at radius 2 is 1.88 bits per heavy atom. The van der Waals surface area contributed by atoms with Crippen LogP contribution in [0.25, 0.3) is 0 Å². The molecule has 1 aromatic heterocycles. The number of hydrogen-bond acceptors (Lipinski definition) is 4. The number of anilines is 1. The van der Waals surface area contributed by atoms with Gasteiger partial charge in [0.25, 0.3) is 0 Å². The third-order valence-corrected chi connectivity index (χ3v) is 4.76. The summed E-state index contributed by atoms with van der Waals surface area (Å²) in [5, 5.41) is 11.4. The standard InChI is InChI=1S/C20H26N4O/c1-16-9-10-19(23-22-16)24-14-11-18(12-15-24)20(25)21-13-5-8-17-6-3-2-4-7-17/h2-4,6-7,9-10,18H,5,8,11-15H2,1H3,(H,21,25). The van der Waals surface area contributed by atoms with E-state index in [-0.39, 0.29) is 11.8 Å². The lowest BCUT2D eigenvalue weighted by atomic mass is 9.96. The fraction of sp³-hybridized carbons (Fsp3) is 0.450. The summed E-state index contributed by atoms with van der Waals surface area (Å²) in [6.07, 6.45) is 3.74. The van der Waals surface area contributed by atoms with E-state index in [1.165, 1.54) is 5.56 Å². The van der Waals surface area contributed by atoms with Crippen LogP contribution in [0.1, 0.15) is 30.5 Å². The number of carbonyl (C=O) groups is 1. The monoisotopic (exact) mass is 338 g/mol. The van der Waals surface area contributed by atoms with E-state index in [1.807, 2.05) is 25.1 Å². The number of benzene rings is 1. The molecule has 0 bridgehead atoms. The third-order valence-electron chi connectivity index (χ3n) is 4.76. The van der Waals surface area contributed by atoms with Crippen molar-refractivity contribution in [2.75, 3.05) is 24.5 Å². The molecule has 2 aromatic rings. The van der Waals surface area contributed by atoms with E-state index in [4.69, 9.17) is 0 Å². The van der Waals surface area contributed by atoms with Crippen LogP contribution in [-0.4, -0.2) is 35.7 Å². The SMILES string of the molecule is Cc1ccc(N2CCC(C(=O)NCCCc3ccccc3)CC2)nn1. The Balaban J connectivity index is 1.37. The van der Waals surface area contributed by atoms with Crippen molar-refractivity contribution in [3.63, 3.8) is 0 Å². The van der Waals surface area contributed by atoms with Crippen molar-refractivity contribution in [2.45, 2.75) is 32.6 Å². The fourth-order valence-electron chi connectivity index (χ4n) is 3.22. The van der Waals surface area contributed by atoms with Crippen molar-refractivity contribution in [1.29, 1.82) is 0 Å². The van der Waals surface area contributed by atoms with Gasteiger partial charge >= 0.3 is 0 Å². The average molecular weight is 338 g/mol. The number of aromatic nitrogens is 2. The van der Waals surface area contributed by atoms with Crippen LogP contribution in [0, 0.1) is 12.8 Å². The van der Waals surface area contributed by atoms with Crippen LogP contribution in [0.5, 0.6) is 0 Å². The zero-order chi connectivity index (χ0) is 17.5. The lowest BCUT2D eigenvalue weighted by Gasteiger charge is -2.31. The summed E-state index contributed by atoms with van der Waals surface area (Å²) in [6.45, 7) is 4.40. The normalized spacial score (nSPS) is 15.2. The Hall–Kier alpha value is -2.43. The second-order valence-electron chi connectivity index (χ2n) is 6.67. The average Bonchev–Trinajstić information content (AvgIpc) is 2.67. The molecular formula is C20H26N4O. The molecule has 1 aromatic carbocycles. The molecule has 25 heavy (non-hydrogen) atoms. The molecule has 0 spiro atoms. The van der Waals surface area contributed by atoms with Crippen molar-refractivity contribution in [2.24, 2.45) is 5.92 Å². The highest BCUT2D eigenvalue weighted by Gasteiger charge is 2.25. The first-order valence-electron chi connectivity index (χ1n) is 9.09. The van der Waals surface area contributed by atoms with E-state index in [9.17, 15) is 4.79 Å². The van der Waals surface area contributed by atoms with Crippen molar-refractivity contribution in [1.82, 2.24) is 15.5 Å². The van der Waals surface area contributed by atoms with Crippen molar-refractivity contribution >= 4 is 11.7 Å². The van der Waals surface area contributed by atoms with Gasteiger partial charge in [0.2, 0.25) is 5.91 Å². The zero-order valence-corrected chi connectivity index (χ0v) is 14.8. The van der Waals surface area contributed by atoms with E-state index in [0.29, 0.717) is 0 Å². The second-order valence-corrected chi connectivity index (χ2v) is 6.67. The van der Waals surface area contributed by atoms with E-state index in [0.717, 1.165) is 56.8 Å². The Morgan fingerprint density at radius 3 is 2.56 bits per heavy atom. The first-order valence-corrected chi connectivity index (χ1v) is 9.09. The van der Waals surface area contributed by atoms with Crippen molar-refractivity contribution in [3.05, 3.63) is 53.7 Å². The Bertz CT molecular complexity index is 664. The Morgan fingerprint density at radius 1 is 1.12 bits per heavy atom. The zero-order valence-electron chi connectivity index (χ0n) is 14.8. The molecule has 0 aliphatic carbocycles. The summed E-state index contributed by atoms with van der Waals surface area (Å²) < 4.78 is 0. The minimum atomic E-state index is 0.117. The molecule has 2 heterocycles. The first-order chi connectivity index (χ1) is 12.2. The number of nitrogens with one attached hydrogen (secondary N) is 1. The molecule has 0 saturated carbocycles. The summed E-state index contributed by atoms with van der Waals surface area (Å²) in [4.78, 5) is 14.6. The van der Waals surface area contributed by atoms with Crippen LogP contribution in [0.2, 0.25) is 0 Å². The lowest BCUT2D eigenvalue weighted by Crippen LogP contribution is -2.41. The molecular weight excluding hydrogens is 312 g/mol. The fourth-order valence-corrected chi connectivity index (χ4v) is 3.22. The molecule has 1 aliphatic heterocycles. The van der Waals surface area contributed by atoms with Crippen molar-refractivity contribution in [3.8, 4) is 0 Å². The molecule has 3 rings (SSSR count). The summed E-state index contributed by atoms with van der Waals surface area (Å²) in [5.41, 5.74) is 2.25. The van der Waals surface area contributed by atoms with Gasteiger partial charge in [-0.25, -0.2) is 0 Å². The molecule has 5 nitrogen and oxygen atoms in total. The maximum Gasteiger partial charge on any atom is 0.223 e. The third kappa shape index (κ3) is 5.02. The number of amides is 1. The molecule has 1 N–H and O–H groups in total. The van der Waals surface area contributed by atoms with Crippen LogP contribution < -0.4 is 10.2 Å². The minimum Gasteiger partial charge on any atom is -0.356 e. The van der Waals surface area contributed by atoms with Gasteiger partial charge < -0.3 is 10.2 Å². The van der Waals surface area contributed by atoms with Gasteiger partial charge in [0.05, 0.1) is 5.69 Å². The predicted molar refractivity (Wildman–Crippen MR) is 99.5 cm³/mol. The van der Waals surface area contributed by atoms with Crippen LogP contribution in [0.3, 0.4) is 0 Å². The van der Waals surface area contributed by atoms with E-state index in [2.05, 4.69) is 44.7 Å². The topological polar surface area (TPSA) is 58.1 Å². The molecule has 1 amide bonds. The van der Waals surface area contributed by atoms with E-state index < -0.39 is 0 Å². The maximum absolute atomic E-state index is 12.3. The Kier molecular flexibility index (Phi) is 5.99. The summed E-state index contributed by atoms with van der Waals surface area (Å²) >= 11 is 0. The minimum absolute atomic E-state index is 0.117. The van der Waals surface area contributed by atoms with E-state index >= 15 is 0 Å². The van der Waals surface area contributed by atoms with Gasteiger partial charge in [-0.05, 0) is 50.3 Å². The summed E-state index contributed by atoms with van der Waals surface area (Å²) in [5.74, 6) is 1.22. The van der Waals surface area contributed by atoms with Gasteiger partial charge in [0, 0.05) is 25.6 Å². The van der Waals surface area contributed by atoms with Crippen molar-refractivity contribution < 1.29 is 4.79 Å². The highest BCUT2D eigenvalue weighted by Crippen LogP contribution is 2.21. The van der Waals surface area contributed by atoms with E-state index in [1.54, 1.807) is 0 Å². The van der Waals surface area contributed by atoms with Crippen LogP contribution in [0.4, 0.5) is 5.82 Å². The largest absolute Gasteiger partial charge is 0.356 e. The molecule has 5 heteroatoms. The van der Waals surface area contributed by atoms with Gasteiger partial charge in [0.15, 0.2) is 5.82 Å². The smallest absolute Gasteiger partial charge is 0.223 e. The molecule has 1 fully saturated rings. The van der Waals surface area contributed by atoms with Gasteiger partial charge in [-0.15, -0.1) is 5.10 Å². The predicted octanol–water partition coefficient (Wildman–Crippen LogP) is 2.75. The number of aryl methyl sites for hydroxylation is 2. The lowest BCUT2D eigenvalue weighted by molar-refractivity contribution is -0.125. The van der Waals surface area contributed by atoms with Gasteiger partial charge in [0.1, 0.15) is 0 Å². The summed E-state index contributed by atoms with van der Waals surface area (Å²) in [7, 11) is 0. The number of hydrogen-bond donors (Lipinski definition) is 1. The molecule has 0 radical (unpaired) electrons. The Labute approximate surface area is 149 Å². The number of nitrogens with zero attached hydrogens (tertiary/aromatic N) is 3. The highest BCUT2D eigenvalue weighted by atomic mass is 16.1. The highest BCUT2D eigenvalue weighted by molar-refractivity contribution is 5.78. The van der Waals surface area contributed by atoms with Gasteiger partial charge in [-0.2, -0.15) is 5.10 Å². The summed E-state index contributed by atoms with van der Waals surface area (Å²) in [6, 6.07) is 14.4. The number of piperidine rings is 1. The van der Waals surface area contributed by atoms with Gasteiger partial charge in [-0.1, -0.05) is 30.3 Å².